The molecule has 2 rings (SSSR count). The van der Waals surface area contributed by atoms with Crippen molar-refractivity contribution in [2.45, 2.75) is 104 Å². The summed E-state index contributed by atoms with van der Waals surface area (Å²) in [5, 5.41) is 20.5. The second-order valence-electron chi connectivity index (χ2n) is 9.37. The zero-order chi connectivity index (χ0) is 17.8. The minimum atomic E-state index is -0.545. The van der Waals surface area contributed by atoms with E-state index in [9.17, 15) is 10.2 Å². The summed E-state index contributed by atoms with van der Waals surface area (Å²) >= 11 is 0. The van der Waals surface area contributed by atoms with Gasteiger partial charge in [0.05, 0.1) is 11.7 Å². The van der Waals surface area contributed by atoms with Gasteiger partial charge in [0.1, 0.15) is 0 Å². The third-order valence-corrected chi connectivity index (χ3v) is 7.03. The van der Waals surface area contributed by atoms with E-state index >= 15 is 0 Å². The molecule has 2 aliphatic carbocycles. The van der Waals surface area contributed by atoms with E-state index in [1.54, 1.807) is 0 Å². The highest BCUT2D eigenvalue weighted by Gasteiger charge is 2.52. The lowest BCUT2D eigenvalue weighted by Gasteiger charge is -2.46. The van der Waals surface area contributed by atoms with Crippen molar-refractivity contribution in [2.75, 3.05) is 0 Å². The van der Waals surface area contributed by atoms with Crippen LogP contribution in [0.2, 0.25) is 0 Å². The number of aliphatic hydroxyl groups excluding tert-OH is 1. The van der Waals surface area contributed by atoms with Gasteiger partial charge in [-0.25, -0.2) is 0 Å². The molecule has 2 saturated carbocycles. The Bertz CT molecular complexity index is 409. The van der Waals surface area contributed by atoms with Gasteiger partial charge in [0.15, 0.2) is 0 Å². The van der Waals surface area contributed by atoms with Crippen LogP contribution in [0, 0.1) is 23.2 Å². The molecule has 0 aromatic carbocycles. The molecule has 0 spiro atoms. The lowest BCUT2D eigenvalue weighted by atomic mass is 9.60. The average molecular weight is 337 g/mol. The summed E-state index contributed by atoms with van der Waals surface area (Å²) in [7, 11) is 0. The Hall–Kier alpha value is -0.340. The predicted molar refractivity (Wildman–Crippen MR) is 102 cm³/mol. The topological polar surface area (TPSA) is 40.5 Å². The van der Waals surface area contributed by atoms with Crippen LogP contribution in [0.25, 0.3) is 0 Å². The van der Waals surface area contributed by atoms with Gasteiger partial charge < -0.3 is 10.2 Å². The van der Waals surface area contributed by atoms with Gasteiger partial charge in [-0.05, 0) is 88.9 Å². The molecule has 2 nitrogen and oxygen atoms in total. The minimum absolute atomic E-state index is 0.0682. The maximum atomic E-state index is 10.5. The first-order valence-corrected chi connectivity index (χ1v) is 10.3. The average Bonchev–Trinajstić information content (AvgIpc) is 2.83. The molecule has 0 aliphatic heterocycles. The highest BCUT2D eigenvalue weighted by molar-refractivity contribution is 5.02. The third-order valence-electron chi connectivity index (χ3n) is 7.03. The summed E-state index contributed by atoms with van der Waals surface area (Å²) in [6.45, 7) is 8.42. The van der Waals surface area contributed by atoms with E-state index in [0.29, 0.717) is 11.3 Å². The van der Waals surface area contributed by atoms with Gasteiger partial charge in [0, 0.05) is 0 Å². The Morgan fingerprint density at radius 3 is 2.62 bits per heavy atom. The third kappa shape index (κ3) is 4.85. The molecule has 5 atom stereocenters. The minimum Gasteiger partial charge on any atom is -0.393 e. The van der Waals surface area contributed by atoms with Crippen LogP contribution >= 0.6 is 0 Å². The standard InChI is InChI=1S/C22H40O2/c1-5-6-7-10-17(11-8-15-21(2,3)24)18-13-14-19-20(23)12-9-16-22(18,19)4/h5-6,17-20,23-24H,7-16H2,1-4H3/b6-5+/t17?,18-,19+,20+,22-/m1/s1. The van der Waals surface area contributed by atoms with E-state index in [1.807, 2.05) is 13.8 Å². The highest BCUT2D eigenvalue weighted by Crippen LogP contribution is 2.59. The number of rotatable bonds is 8. The summed E-state index contributed by atoms with van der Waals surface area (Å²) in [6.07, 6.45) is 16.1. The molecule has 2 N–H and O–H groups in total. The first kappa shape index (κ1) is 20.0. The van der Waals surface area contributed by atoms with E-state index < -0.39 is 5.60 Å². The molecule has 0 heterocycles. The number of fused-ring (bicyclic) bond motifs is 1. The Morgan fingerprint density at radius 2 is 1.96 bits per heavy atom. The van der Waals surface area contributed by atoms with Gasteiger partial charge in [-0.3, -0.25) is 0 Å². The SMILES string of the molecule is C/C=C/CCC(CCCC(C)(C)O)[C@H]1CC[C@H]2[C@@H](O)CCC[C@]12C. The largest absolute Gasteiger partial charge is 0.393 e. The van der Waals surface area contributed by atoms with Crippen LogP contribution in [-0.2, 0) is 0 Å². The first-order chi connectivity index (χ1) is 11.3. The second-order valence-corrected chi connectivity index (χ2v) is 9.37. The van der Waals surface area contributed by atoms with Gasteiger partial charge >= 0.3 is 0 Å². The highest BCUT2D eigenvalue weighted by atomic mass is 16.3. The van der Waals surface area contributed by atoms with E-state index in [4.69, 9.17) is 0 Å². The Balaban J connectivity index is 2.04. The van der Waals surface area contributed by atoms with Crippen molar-refractivity contribution in [2.24, 2.45) is 23.2 Å². The summed E-state index contributed by atoms with van der Waals surface area (Å²) in [4.78, 5) is 0. The number of hydrogen-bond donors (Lipinski definition) is 2. The smallest absolute Gasteiger partial charge is 0.0591 e. The lowest BCUT2D eigenvalue weighted by molar-refractivity contribution is -0.0310. The number of hydrogen-bond acceptors (Lipinski definition) is 2. The van der Waals surface area contributed by atoms with Crippen molar-refractivity contribution < 1.29 is 10.2 Å². The van der Waals surface area contributed by atoms with Crippen molar-refractivity contribution in [1.82, 2.24) is 0 Å². The molecule has 2 heteroatoms. The fourth-order valence-corrected chi connectivity index (χ4v) is 5.78. The zero-order valence-corrected chi connectivity index (χ0v) is 16.4. The molecule has 2 aliphatic rings. The van der Waals surface area contributed by atoms with Gasteiger partial charge in [0.2, 0.25) is 0 Å². The molecule has 0 aromatic heterocycles. The number of aliphatic hydroxyl groups is 2. The molecular weight excluding hydrogens is 296 g/mol. The fourth-order valence-electron chi connectivity index (χ4n) is 5.78. The molecular formula is C22H40O2. The Kier molecular flexibility index (Phi) is 6.96. The molecule has 0 amide bonds. The molecule has 0 saturated heterocycles. The monoisotopic (exact) mass is 336 g/mol. The van der Waals surface area contributed by atoms with E-state index in [-0.39, 0.29) is 6.10 Å². The normalized spacial score (nSPS) is 35.3. The van der Waals surface area contributed by atoms with Crippen LogP contribution < -0.4 is 0 Å². The summed E-state index contributed by atoms with van der Waals surface area (Å²) < 4.78 is 0. The Morgan fingerprint density at radius 1 is 1.21 bits per heavy atom. The van der Waals surface area contributed by atoms with Crippen LogP contribution in [0.15, 0.2) is 12.2 Å². The summed E-state index contributed by atoms with van der Waals surface area (Å²) in [5.41, 5.74) is -0.204. The van der Waals surface area contributed by atoms with Crippen LogP contribution in [0.5, 0.6) is 0 Å². The summed E-state index contributed by atoms with van der Waals surface area (Å²) in [6, 6.07) is 0. The van der Waals surface area contributed by atoms with Gasteiger partial charge in [-0.1, -0.05) is 38.3 Å². The van der Waals surface area contributed by atoms with Crippen molar-refractivity contribution in [1.29, 1.82) is 0 Å². The molecule has 0 aromatic rings. The molecule has 24 heavy (non-hydrogen) atoms. The van der Waals surface area contributed by atoms with Crippen LogP contribution in [0.1, 0.15) is 91.9 Å². The van der Waals surface area contributed by atoms with Gasteiger partial charge in [0.25, 0.3) is 0 Å². The van der Waals surface area contributed by atoms with Gasteiger partial charge in [-0.15, -0.1) is 0 Å². The van der Waals surface area contributed by atoms with E-state index in [0.717, 1.165) is 31.1 Å². The Labute approximate surface area is 149 Å². The molecule has 140 valence electrons. The maximum Gasteiger partial charge on any atom is 0.0591 e. The fraction of sp³-hybridized carbons (Fsp3) is 0.909. The maximum absolute atomic E-state index is 10.5. The van der Waals surface area contributed by atoms with Crippen LogP contribution in [0.4, 0.5) is 0 Å². The lowest BCUT2D eigenvalue weighted by Crippen LogP contribution is -2.41. The second kappa shape index (κ2) is 8.36. The van der Waals surface area contributed by atoms with E-state index in [1.165, 1.54) is 44.9 Å². The molecule has 0 radical (unpaired) electrons. The molecule has 0 bridgehead atoms. The van der Waals surface area contributed by atoms with Crippen LogP contribution in [0.3, 0.4) is 0 Å². The molecule has 2 fully saturated rings. The van der Waals surface area contributed by atoms with Crippen molar-refractivity contribution in [3.63, 3.8) is 0 Å². The summed E-state index contributed by atoms with van der Waals surface area (Å²) in [5.74, 6) is 2.02. The molecule has 1 unspecified atom stereocenters. The quantitative estimate of drug-likeness (QED) is 0.576. The first-order valence-electron chi connectivity index (χ1n) is 10.3. The van der Waals surface area contributed by atoms with Crippen LogP contribution in [-0.4, -0.2) is 21.9 Å². The van der Waals surface area contributed by atoms with Crippen molar-refractivity contribution in [3.8, 4) is 0 Å². The van der Waals surface area contributed by atoms with E-state index in [2.05, 4.69) is 26.0 Å². The van der Waals surface area contributed by atoms with Crippen molar-refractivity contribution in [3.05, 3.63) is 12.2 Å². The van der Waals surface area contributed by atoms with Crippen molar-refractivity contribution >= 4 is 0 Å². The zero-order valence-electron chi connectivity index (χ0n) is 16.4. The number of allylic oxidation sites excluding steroid dienone is 2. The van der Waals surface area contributed by atoms with Gasteiger partial charge in [-0.2, -0.15) is 0 Å². The predicted octanol–water partition coefficient (Wildman–Crippen LogP) is 5.48.